The highest BCUT2D eigenvalue weighted by Gasteiger charge is 2.65. The predicted octanol–water partition coefficient (Wildman–Crippen LogP) is 0.0433. The van der Waals surface area contributed by atoms with Gasteiger partial charge in [-0.05, 0) is 31.1 Å². The van der Waals surface area contributed by atoms with E-state index in [0.717, 1.165) is 6.42 Å². The monoisotopic (exact) mass is 199 g/mol. The van der Waals surface area contributed by atoms with Crippen LogP contribution in [0.15, 0.2) is 0 Å². The van der Waals surface area contributed by atoms with E-state index in [0.29, 0.717) is 19.3 Å². The summed E-state index contributed by atoms with van der Waals surface area (Å²) in [6, 6.07) is 0. The van der Waals surface area contributed by atoms with Gasteiger partial charge in [-0.1, -0.05) is 0 Å². The Morgan fingerprint density at radius 3 is 2.14 bits per heavy atom. The molecule has 2 aliphatic rings. The third-order valence-corrected chi connectivity index (χ3v) is 3.73. The van der Waals surface area contributed by atoms with Gasteiger partial charge in [0.05, 0.1) is 5.92 Å². The first-order valence-corrected chi connectivity index (χ1v) is 4.65. The summed E-state index contributed by atoms with van der Waals surface area (Å²) >= 11 is 0. The van der Waals surface area contributed by atoms with Gasteiger partial charge >= 0.3 is 11.9 Å². The molecule has 0 radical (unpaired) electrons. The average molecular weight is 199 g/mol. The lowest BCUT2D eigenvalue weighted by Crippen LogP contribution is -2.68. The molecule has 0 aromatic heterocycles. The van der Waals surface area contributed by atoms with Crippen LogP contribution in [-0.4, -0.2) is 27.7 Å². The first-order valence-electron chi connectivity index (χ1n) is 4.65. The second-order valence-electron chi connectivity index (χ2n) is 4.61. The number of nitrogens with two attached hydrogens (primary N) is 1. The maximum absolute atomic E-state index is 10.8. The van der Waals surface area contributed by atoms with Crippen molar-refractivity contribution in [3.63, 3.8) is 0 Å². The first-order chi connectivity index (χ1) is 6.40. The van der Waals surface area contributed by atoms with Gasteiger partial charge in [0.2, 0.25) is 0 Å². The molecule has 0 saturated heterocycles. The average Bonchev–Trinajstić information content (AvgIpc) is 1.94. The zero-order chi connectivity index (χ0) is 10.6. The van der Waals surface area contributed by atoms with E-state index in [2.05, 4.69) is 0 Å². The molecule has 2 saturated carbocycles. The lowest BCUT2D eigenvalue weighted by molar-refractivity contribution is -0.181. The summed E-state index contributed by atoms with van der Waals surface area (Å²) in [5.41, 5.74) is 4.12. The van der Waals surface area contributed by atoms with Crippen LogP contribution in [0.4, 0.5) is 0 Å². The Morgan fingerprint density at radius 2 is 1.86 bits per heavy atom. The summed E-state index contributed by atoms with van der Waals surface area (Å²) in [6.07, 6.45) is 2.08. The molecule has 2 fully saturated rings. The number of hydrogen-bond donors (Lipinski definition) is 3. The molecule has 0 aliphatic heterocycles. The van der Waals surface area contributed by atoms with Crippen molar-refractivity contribution in [1.82, 2.24) is 0 Å². The Kier molecular flexibility index (Phi) is 1.67. The van der Waals surface area contributed by atoms with Gasteiger partial charge in [0.25, 0.3) is 0 Å². The molecule has 14 heavy (non-hydrogen) atoms. The van der Waals surface area contributed by atoms with Crippen LogP contribution in [0.1, 0.15) is 25.7 Å². The number of hydrogen-bond acceptors (Lipinski definition) is 3. The van der Waals surface area contributed by atoms with E-state index in [1.807, 2.05) is 0 Å². The zero-order valence-electron chi connectivity index (χ0n) is 7.69. The third-order valence-electron chi connectivity index (χ3n) is 3.73. The van der Waals surface area contributed by atoms with Crippen LogP contribution in [-0.2, 0) is 9.59 Å². The topological polar surface area (TPSA) is 101 Å². The Balaban J connectivity index is 2.06. The number of rotatable bonds is 2. The molecular formula is C9H13NO4. The summed E-state index contributed by atoms with van der Waals surface area (Å²) < 4.78 is 0. The lowest BCUT2D eigenvalue weighted by Gasteiger charge is -2.60. The fourth-order valence-electron chi connectivity index (χ4n) is 2.86. The molecule has 78 valence electrons. The smallest absolute Gasteiger partial charge is 0.323 e. The normalized spacial score (nSPS) is 45.4. The van der Waals surface area contributed by atoms with E-state index in [4.69, 9.17) is 15.9 Å². The summed E-state index contributed by atoms with van der Waals surface area (Å²) in [4.78, 5) is 21.5. The van der Waals surface area contributed by atoms with E-state index >= 15 is 0 Å². The van der Waals surface area contributed by atoms with Crippen LogP contribution in [0.5, 0.6) is 0 Å². The quantitative estimate of drug-likeness (QED) is 0.583. The van der Waals surface area contributed by atoms with Gasteiger partial charge < -0.3 is 15.9 Å². The molecule has 0 heterocycles. The van der Waals surface area contributed by atoms with Crippen molar-refractivity contribution in [2.75, 3.05) is 0 Å². The maximum atomic E-state index is 10.8. The van der Waals surface area contributed by atoms with Crippen molar-refractivity contribution < 1.29 is 19.8 Å². The van der Waals surface area contributed by atoms with Crippen molar-refractivity contribution in [2.24, 2.45) is 17.1 Å². The number of carboxylic acid groups (broad SMARTS) is 2. The van der Waals surface area contributed by atoms with Crippen molar-refractivity contribution in [3.8, 4) is 0 Å². The zero-order valence-corrected chi connectivity index (χ0v) is 7.69. The van der Waals surface area contributed by atoms with E-state index in [1.165, 1.54) is 0 Å². The highest BCUT2D eigenvalue weighted by molar-refractivity contribution is 5.82. The standard InChI is InChI=1S/C9H13NO4/c10-9(7(13)14)3-8(4-9)2-1-5(8)6(11)12/h5H,1-4,10H2,(H,11,12)(H,13,14)/t5-,8?,9?/m0/s1. The number of aliphatic carboxylic acids is 2. The van der Waals surface area contributed by atoms with Crippen molar-refractivity contribution in [3.05, 3.63) is 0 Å². The predicted molar refractivity (Wildman–Crippen MR) is 46.6 cm³/mol. The Labute approximate surface area is 80.9 Å². The number of carboxylic acids is 2. The largest absolute Gasteiger partial charge is 0.481 e. The van der Waals surface area contributed by atoms with Gasteiger partial charge in [-0.3, -0.25) is 9.59 Å². The molecule has 2 rings (SSSR count). The molecule has 5 heteroatoms. The minimum atomic E-state index is -1.17. The minimum absolute atomic E-state index is 0.307. The summed E-state index contributed by atoms with van der Waals surface area (Å²) in [5.74, 6) is -2.21. The van der Waals surface area contributed by atoms with Crippen LogP contribution < -0.4 is 5.73 Å². The van der Waals surface area contributed by atoms with Crippen LogP contribution in [0, 0.1) is 11.3 Å². The third kappa shape index (κ3) is 0.987. The fraction of sp³-hybridized carbons (Fsp3) is 0.778. The highest BCUT2D eigenvalue weighted by atomic mass is 16.4. The lowest BCUT2D eigenvalue weighted by atomic mass is 9.44. The Morgan fingerprint density at radius 1 is 1.29 bits per heavy atom. The summed E-state index contributed by atoms with van der Waals surface area (Å²) in [6.45, 7) is 0. The van der Waals surface area contributed by atoms with E-state index in [9.17, 15) is 9.59 Å². The molecule has 1 spiro atoms. The molecule has 0 unspecified atom stereocenters. The van der Waals surface area contributed by atoms with Crippen LogP contribution in [0.3, 0.4) is 0 Å². The SMILES string of the molecule is NC1(C(=O)O)CC2(CC[C@H]2C(=O)O)C1. The molecular weight excluding hydrogens is 186 g/mol. The molecule has 5 nitrogen and oxygen atoms in total. The van der Waals surface area contributed by atoms with Crippen LogP contribution >= 0.6 is 0 Å². The van der Waals surface area contributed by atoms with Crippen molar-refractivity contribution >= 4 is 11.9 Å². The number of carbonyl (C=O) groups is 2. The molecule has 1 atom stereocenters. The molecule has 4 N–H and O–H groups in total. The van der Waals surface area contributed by atoms with E-state index in [-0.39, 0.29) is 11.3 Å². The van der Waals surface area contributed by atoms with Crippen molar-refractivity contribution in [1.29, 1.82) is 0 Å². The minimum Gasteiger partial charge on any atom is -0.481 e. The van der Waals surface area contributed by atoms with Gasteiger partial charge in [-0.25, -0.2) is 0 Å². The second kappa shape index (κ2) is 2.48. The van der Waals surface area contributed by atoms with Gasteiger partial charge in [-0.15, -0.1) is 0 Å². The van der Waals surface area contributed by atoms with E-state index in [1.54, 1.807) is 0 Å². The summed E-state index contributed by atoms with van der Waals surface area (Å²) in [7, 11) is 0. The second-order valence-corrected chi connectivity index (χ2v) is 4.61. The Hall–Kier alpha value is -1.10. The van der Waals surface area contributed by atoms with Crippen molar-refractivity contribution in [2.45, 2.75) is 31.2 Å². The molecule has 2 aliphatic carbocycles. The molecule has 0 amide bonds. The van der Waals surface area contributed by atoms with Crippen LogP contribution in [0.25, 0.3) is 0 Å². The summed E-state index contributed by atoms with van der Waals surface area (Å²) in [5, 5.41) is 17.7. The van der Waals surface area contributed by atoms with Gasteiger partial charge in [0, 0.05) is 0 Å². The fourth-order valence-corrected chi connectivity index (χ4v) is 2.86. The molecule has 0 bridgehead atoms. The molecule has 0 aromatic carbocycles. The highest BCUT2D eigenvalue weighted by Crippen LogP contribution is 2.62. The van der Waals surface area contributed by atoms with Crippen LogP contribution in [0.2, 0.25) is 0 Å². The van der Waals surface area contributed by atoms with Gasteiger partial charge in [-0.2, -0.15) is 0 Å². The molecule has 0 aromatic rings. The first kappa shape index (κ1) is 9.45. The maximum Gasteiger partial charge on any atom is 0.323 e. The Bertz CT molecular complexity index is 306. The van der Waals surface area contributed by atoms with E-state index < -0.39 is 17.5 Å². The van der Waals surface area contributed by atoms with Gasteiger partial charge in [0.15, 0.2) is 0 Å². The van der Waals surface area contributed by atoms with Gasteiger partial charge in [0.1, 0.15) is 5.54 Å².